The van der Waals surface area contributed by atoms with Crippen LogP contribution >= 0.6 is 0 Å². The Balaban J connectivity index is 2.02. The van der Waals surface area contributed by atoms with Crippen LogP contribution in [0, 0.1) is 5.92 Å². The number of ketones is 1. The zero-order chi connectivity index (χ0) is 15.5. The van der Waals surface area contributed by atoms with E-state index in [4.69, 9.17) is 4.74 Å². The van der Waals surface area contributed by atoms with Gasteiger partial charge in [-0.1, -0.05) is 30.3 Å². The second-order valence-electron chi connectivity index (χ2n) is 5.49. The molecule has 0 amide bonds. The molecule has 1 saturated heterocycles. The lowest BCUT2D eigenvalue weighted by atomic mass is 9.90. The van der Waals surface area contributed by atoms with Gasteiger partial charge in [-0.05, 0) is 36.2 Å². The second-order valence-corrected chi connectivity index (χ2v) is 5.49. The van der Waals surface area contributed by atoms with Crippen LogP contribution in [0.25, 0.3) is 11.1 Å². The zero-order valence-electron chi connectivity index (χ0n) is 12.5. The van der Waals surface area contributed by atoms with Gasteiger partial charge in [0.05, 0.1) is 7.11 Å². The highest BCUT2D eigenvalue weighted by atomic mass is 16.5. The van der Waals surface area contributed by atoms with Crippen molar-refractivity contribution in [3.63, 3.8) is 0 Å². The summed E-state index contributed by atoms with van der Waals surface area (Å²) in [4.78, 5) is 12.7. The molecule has 4 heteroatoms. The predicted octanol–water partition coefficient (Wildman–Crippen LogP) is 2.86. The molecule has 0 bridgehead atoms. The molecule has 1 aliphatic heterocycles. The Morgan fingerprint density at radius 1 is 1.27 bits per heavy atom. The van der Waals surface area contributed by atoms with E-state index in [2.05, 4.69) is 5.32 Å². The second kappa shape index (κ2) is 6.20. The van der Waals surface area contributed by atoms with E-state index < -0.39 is 0 Å². The van der Waals surface area contributed by atoms with Crippen LogP contribution < -0.4 is 10.1 Å². The molecule has 2 aromatic carbocycles. The fourth-order valence-corrected chi connectivity index (χ4v) is 2.89. The highest BCUT2D eigenvalue weighted by Crippen LogP contribution is 2.34. The lowest BCUT2D eigenvalue weighted by molar-refractivity contribution is 0.0931. The smallest absolute Gasteiger partial charge is 0.167 e. The minimum atomic E-state index is 0.0418. The molecule has 0 aromatic heterocycles. The van der Waals surface area contributed by atoms with E-state index >= 15 is 0 Å². The van der Waals surface area contributed by atoms with Gasteiger partial charge in [0.25, 0.3) is 0 Å². The first kappa shape index (κ1) is 14.6. The molecule has 1 atom stereocenters. The van der Waals surface area contributed by atoms with E-state index in [1.807, 2.05) is 24.3 Å². The van der Waals surface area contributed by atoms with Crippen LogP contribution in [0.15, 0.2) is 42.5 Å². The van der Waals surface area contributed by atoms with Crippen molar-refractivity contribution >= 4 is 5.78 Å². The third-order valence-corrected chi connectivity index (χ3v) is 4.11. The molecule has 4 nitrogen and oxygen atoms in total. The Bertz CT molecular complexity index is 690. The van der Waals surface area contributed by atoms with Gasteiger partial charge >= 0.3 is 0 Å². The van der Waals surface area contributed by atoms with E-state index in [9.17, 15) is 9.90 Å². The summed E-state index contributed by atoms with van der Waals surface area (Å²) in [7, 11) is 1.51. The van der Waals surface area contributed by atoms with Gasteiger partial charge in [0, 0.05) is 18.0 Å². The van der Waals surface area contributed by atoms with E-state index in [-0.39, 0.29) is 17.5 Å². The molecule has 1 aliphatic rings. The summed E-state index contributed by atoms with van der Waals surface area (Å²) < 4.78 is 5.16. The van der Waals surface area contributed by atoms with Crippen LogP contribution in [0.4, 0.5) is 0 Å². The normalized spacial score (nSPS) is 17.4. The Morgan fingerprint density at radius 2 is 2.09 bits per heavy atom. The number of methoxy groups -OCH3 is 1. The molecule has 3 rings (SSSR count). The van der Waals surface area contributed by atoms with Crippen LogP contribution in [-0.4, -0.2) is 31.1 Å². The Hall–Kier alpha value is -2.33. The average Bonchev–Trinajstić information content (AvgIpc) is 3.09. The van der Waals surface area contributed by atoms with Crippen molar-refractivity contribution in [3.8, 4) is 22.6 Å². The van der Waals surface area contributed by atoms with Gasteiger partial charge in [-0.3, -0.25) is 4.79 Å². The fraction of sp³-hybridized carbons (Fsp3) is 0.278. The number of Topliss-reactive ketones (excluding diaryl/α,β-unsaturated/α-hetero) is 1. The number of benzene rings is 2. The Kier molecular flexibility index (Phi) is 4.11. The number of carbonyl (C=O) groups excluding carboxylic acids is 1. The van der Waals surface area contributed by atoms with Gasteiger partial charge in [0.2, 0.25) is 0 Å². The first-order valence-electron chi connectivity index (χ1n) is 7.42. The minimum Gasteiger partial charge on any atom is -0.504 e. The van der Waals surface area contributed by atoms with Crippen molar-refractivity contribution < 1.29 is 14.6 Å². The summed E-state index contributed by atoms with van der Waals surface area (Å²) >= 11 is 0. The molecule has 0 aliphatic carbocycles. The van der Waals surface area contributed by atoms with Crippen LogP contribution in [-0.2, 0) is 0 Å². The van der Waals surface area contributed by atoms with E-state index in [1.165, 1.54) is 7.11 Å². The largest absolute Gasteiger partial charge is 0.504 e. The summed E-state index contributed by atoms with van der Waals surface area (Å²) in [5, 5.41) is 13.0. The maximum absolute atomic E-state index is 12.7. The highest BCUT2D eigenvalue weighted by molar-refractivity contribution is 6.04. The monoisotopic (exact) mass is 297 g/mol. The molecule has 0 spiro atoms. The number of nitrogens with one attached hydrogen (secondary N) is 1. The average molecular weight is 297 g/mol. The number of carbonyl (C=O) groups is 1. The van der Waals surface area contributed by atoms with Gasteiger partial charge in [-0.15, -0.1) is 0 Å². The number of aromatic hydroxyl groups is 1. The van der Waals surface area contributed by atoms with Crippen molar-refractivity contribution in [2.24, 2.45) is 5.92 Å². The van der Waals surface area contributed by atoms with Crippen molar-refractivity contribution in [3.05, 3.63) is 48.0 Å². The van der Waals surface area contributed by atoms with Crippen LogP contribution in [0.2, 0.25) is 0 Å². The lowest BCUT2D eigenvalue weighted by Gasteiger charge is -2.13. The van der Waals surface area contributed by atoms with Gasteiger partial charge in [0.15, 0.2) is 17.3 Å². The lowest BCUT2D eigenvalue weighted by Crippen LogP contribution is -2.18. The van der Waals surface area contributed by atoms with Crippen molar-refractivity contribution in [2.45, 2.75) is 6.42 Å². The molecule has 114 valence electrons. The summed E-state index contributed by atoms with van der Waals surface area (Å²) in [6.07, 6.45) is 0.881. The van der Waals surface area contributed by atoms with Gasteiger partial charge in [-0.25, -0.2) is 0 Å². The molecule has 1 heterocycles. The fourth-order valence-electron chi connectivity index (χ4n) is 2.89. The van der Waals surface area contributed by atoms with Crippen molar-refractivity contribution in [2.75, 3.05) is 20.2 Å². The molecule has 1 unspecified atom stereocenters. The number of hydrogen-bond donors (Lipinski definition) is 2. The number of ether oxygens (including phenoxy) is 1. The molecule has 22 heavy (non-hydrogen) atoms. The van der Waals surface area contributed by atoms with E-state index in [0.717, 1.165) is 36.2 Å². The third-order valence-electron chi connectivity index (χ3n) is 4.11. The minimum absolute atomic E-state index is 0.0418. The third kappa shape index (κ3) is 2.70. The van der Waals surface area contributed by atoms with E-state index in [1.54, 1.807) is 18.2 Å². The number of hydrogen-bond acceptors (Lipinski definition) is 4. The molecule has 1 fully saturated rings. The molecule has 0 radical (unpaired) electrons. The maximum atomic E-state index is 12.7. The standard InChI is InChI=1S/C18H19NO3/c1-22-17-10-12(6-7-16(17)20)14-4-2-3-5-15(14)18(21)13-8-9-19-11-13/h2-7,10,13,19-20H,8-9,11H2,1H3. The molecule has 2 aromatic rings. The highest BCUT2D eigenvalue weighted by Gasteiger charge is 2.25. The van der Waals surface area contributed by atoms with Crippen molar-refractivity contribution in [1.82, 2.24) is 5.32 Å². The van der Waals surface area contributed by atoms with Gasteiger partial charge in [-0.2, -0.15) is 0 Å². The first-order valence-corrected chi connectivity index (χ1v) is 7.42. The SMILES string of the molecule is COc1cc(-c2ccccc2C(=O)C2CCNC2)ccc1O. The van der Waals surface area contributed by atoms with Gasteiger partial charge in [0.1, 0.15) is 0 Å². The Labute approximate surface area is 129 Å². The molecular formula is C18H19NO3. The number of phenols is 1. The quantitative estimate of drug-likeness (QED) is 0.852. The van der Waals surface area contributed by atoms with Crippen molar-refractivity contribution in [1.29, 1.82) is 0 Å². The zero-order valence-corrected chi connectivity index (χ0v) is 12.5. The van der Waals surface area contributed by atoms with Crippen LogP contribution in [0.5, 0.6) is 11.5 Å². The maximum Gasteiger partial charge on any atom is 0.167 e. The summed E-state index contributed by atoms with van der Waals surface area (Å²) in [6, 6.07) is 12.8. The number of rotatable bonds is 4. The van der Waals surface area contributed by atoms with Crippen LogP contribution in [0.3, 0.4) is 0 Å². The molecular weight excluding hydrogens is 278 g/mol. The summed E-state index contributed by atoms with van der Waals surface area (Å²) in [6.45, 7) is 1.64. The van der Waals surface area contributed by atoms with Crippen LogP contribution in [0.1, 0.15) is 16.8 Å². The Morgan fingerprint density at radius 3 is 2.82 bits per heavy atom. The summed E-state index contributed by atoms with van der Waals surface area (Å²) in [5.74, 6) is 0.713. The van der Waals surface area contributed by atoms with E-state index in [0.29, 0.717) is 5.75 Å². The topological polar surface area (TPSA) is 58.6 Å². The van der Waals surface area contributed by atoms with Gasteiger partial charge < -0.3 is 15.2 Å². The first-order chi connectivity index (χ1) is 10.7. The summed E-state index contributed by atoms with van der Waals surface area (Å²) in [5.41, 5.74) is 2.46. The molecule has 2 N–H and O–H groups in total. The molecule has 0 saturated carbocycles. The number of phenolic OH excluding ortho intramolecular Hbond substituents is 1. The predicted molar refractivity (Wildman–Crippen MR) is 85.4 cm³/mol.